The van der Waals surface area contributed by atoms with Gasteiger partial charge >= 0.3 is 0 Å². The maximum Gasteiger partial charge on any atom is 0.228 e. The summed E-state index contributed by atoms with van der Waals surface area (Å²) in [7, 11) is 0. The molecule has 0 bridgehead atoms. The quantitative estimate of drug-likeness (QED) is 0.595. The van der Waals surface area contributed by atoms with E-state index in [2.05, 4.69) is 25.2 Å². The number of aromatic nitrogens is 3. The molecule has 5 heteroatoms. The molecule has 0 radical (unpaired) electrons. The molecule has 1 aromatic rings. The summed E-state index contributed by atoms with van der Waals surface area (Å²) in [4.78, 5) is 14.1. The summed E-state index contributed by atoms with van der Waals surface area (Å²) in [5.41, 5.74) is 0. The zero-order chi connectivity index (χ0) is 8.23. The van der Waals surface area contributed by atoms with E-state index >= 15 is 0 Å². The van der Waals surface area contributed by atoms with Gasteiger partial charge in [-0.1, -0.05) is 0 Å². The van der Waals surface area contributed by atoms with Crippen LogP contribution in [0.1, 0.15) is 0 Å². The fraction of sp³-hybridized carbons (Fsp3) is 0.571. The molecule has 12 heavy (non-hydrogen) atoms. The van der Waals surface area contributed by atoms with Crippen LogP contribution in [0, 0.1) is 0 Å². The van der Waals surface area contributed by atoms with Gasteiger partial charge in [0.05, 0.1) is 0 Å². The summed E-state index contributed by atoms with van der Waals surface area (Å²) >= 11 is 0. The Morgan fingerprint density at radius 2 is 1.83 bits per heavy atom. The van der Waals surface area contributed by atoms with Gasteiger partial charge in [0.25, 0.3) is 0 Å². The van der Waals surface area contributed by atoms with Crippen LogP contribution in [-0.4, -0.2) is 41.1 Å². The molecule has 2 rings (SSSR count). The number of anilines is 1. The molecule has 0 amide bonds. The van der Waals surface area contributed by atoms with E-state index in [0.717, 1.165) is 32.1 Å². The predicted molar refractivity (Wildman–Crippen MR) is 44.9 cm³/mol. The van der Waals surface area contributed by atoms with Crippen molar-refractivity contribution < 1.29 is 0 Å². The van der Waals surface area contributed by atoms with Gasteiger partial charge in [0.15, 0.2) is 0 Å². The largest absolute Gasteiger partial charge is 0.338 e. The number of nitrogens with zero attached hydrogens (tertiary/aromatic N) is 4. The van der Waals surface area contributed by atoms with Crippen molar-refractivity contribution >= 4 is 5.95 Å². The molecule has 64 valence electrons. The summed E-state index contributed by atoms with van der Waals surface area (Å²) in [6, 6.07) is 0. The van der Waals surface area contributed by atoms with E-state index in [1.165, 1.54) is 12.7 Å². The van der Waals surface area contributed by atoms with Crippen molar-refractivity contribution in [1.82, 2.24) is 20.3 Å². The second-order valence-corrected chi connectivity index (χ2v) is 2.68. The second-order valence-electron chi connectivity index (χ2n) is 2.68. The van der Waals surface area contributed by atoms with E-state index in [1.807, 2.05) is 0 Å². The fourth-order valence-corrected chi connectivity index (χ4v) is 1.26. The number of rotatable bonds is 1. The lowest BCUT2D eigenvalue weighted by atomic mass is 10.4. The monoisotopic (exact) mass is 165 g/mol. The molecule has 2 heterocycles. The highest BCUT2D eigenvalue weighted by atomic mass is 15.3. The fourth-order valence-electron chi connectivity index (χ4n) is 1.26. The van der Waals surface area contributed by atoms with Crippen molar-refractivity contribution in [3.63, 3.8) is 0 Å². The van der Waals surface area contributed by atoms with E-state index in [9.17, 15) is 0 Å². The van der Waals surface area contributed by atoms with Gasteiger partial charge in [-0.05, 0) is 0 Å². The van der Waals surface area contributed by atoms with Crippen LogP contribution in [0.15, 0.2) is 12.7 Å². The normalized spacial score (nSPS) is 17.8. The Labute approximate surface area is 70.9 Å². The van der Waals surface area contributed by atoms with Crippen LogP contribution in [-0.2, 0) is 0 Å². The van der Waals surface area contributed by atoms with Gasteiger partial charge in [-0.15, -0.1) is 0 Å². The maximum atomic E-state index is 4.08. The number of hydrogen-bond donors (Lipinski definition) is 1. The minimum atomic E-state index is 0.784. The van der Waals surface area contributed by atoms with Crippen LogP contribution in [0.3, 0.4) is 0 Å². The van der Waals surface area contributed by atoms with Crippen molar-refractivity contribution in [2.24, 2.45) is 0 Å². The lowest BCUT2D eigenvalue weighted by Crippen LogP contribution is -2.44. The molecule has 0 saturated carbocycles. The van der Waals surface area contributed by atoms with Crippen molar-refractivity contribution in [3.05, 3.63) is 12.7 Å². The standard InChI is InChI=1S/C7H11N5/c1-3-12(4-2-8-1)7-10-5-9-6-11-7/h5-6,8H,1-4H2. The molecule has 0 aliphatic carbocycles. The molecule has 1 fully saturated rings. The first kappa shape index (κ1) is 7.42. The van der Waals surface area contributed by atoms with Crippen molar-refractivity contribution in [1.29, 1.82) is 0 Å². The molecule has 0 atom stereocenters. The van der Waals surface area contributed by atoms with Gasteiger partial charge in [-0.3, -0.25) is 0 Å². The highest BCUT2D eigenvalue weighted by Crippen LogP contribution is 2.03. The zero-order valence-electron chi connectivity index (χ0n) is 6.77. The molecular formula is C7H11N5. The zero-order valence-corrected chi connectivity index (χ0v) is 6.77. The van der Waals surface area contributed by atoms with E-state index in [1.54, 1.807) is 0 Å². The third kappa shape index (κ3) is 1.50. The summed E-state index contributed by atoms with van der Waals surface area (Å²) in [5.74, 6) is 0.784. The first-order valence-corrected chi connectivity index (χ1v) is 4.04. The molecule has 1 N–H and O–H groups in total. The van der Waals surface area contributed by atoms with Crippen LogP contribution in [0.25, 0.3) is 0 Å². The maximum absolute atomic E-state index is 4.08. The topological polar surface area (TPSA) is 53.9 Å². The molecule has 5 nitrogen and oxygen atoms in total. The number of hydrogen-bond acceptors (Lipinski definition) is 5. The van der Waals surface area contributed by atoms with E-state index in [0.29, 0.717) is 0 Å². The number of nitrogens with one attached hydrogen (secondary N) is 1. The number of piperazine rings is 1. The van der Waals surface area contributed by atoms with Gasteiger partial charge in [0, 0.05) is 26.2 Å². The lowest BCUT2D eigenvalue weighted by molar-refractivity contribution is 0.579. The average molecular weight is 165 g/mol. The Morgan fingerprint density at radius 1 is 1.17 bits per heavy atom. The summed E-state index contributed by atoms with van der Waals surface area (Å²) in [6.45, 7) is 3.96. The van der Waals surface area contributed by atoms with E-state index in [-0.39, 0.29) is 0 Å². The minimum absolute atomic E-state index is 0.784. The SMILES string of the molecule is c1ncnc(N2CCNCC2)n1. The van der Waals surface area contributed by atoms with Gasteiger partial charge in [0.2, 0.25) is 5.95 Å². The Bertz CT molecular complexity index is 231. The van der Waals surface area contributed by atoms with Crippen molar-refractivity contribution in [3.8, 4) is 0 Å². The molecule has 1 aliphatic heterocycles. The third-order valence-corrected chi connectivity index (χ3v) is 1.88. The van der Waals surface area contributed by atoms with Gasteiger partial charge in [-0.2, -0.15) is 0 Å². The molecule has 1 saturated heterocycles. The van der Waals surface area contributed by atoms with Crippen LogP contribution < -0.4 is 10.2 Å². The first-order chi connectivity index (χ1) is 5.97. The molecular weight excluding hydrogens is 154 g/mol. The van der Waals surface area contributed by atoms with Crippen molar-refractivity contribution in [2.45, 2.75) is 0 Å². The van der Waals surface area contributed by atoms with Gasteiger partial charge < -0.3 is 10.2 Å². The van der Waals surface area contributed by atoms with Crippen LogP contribution >= 0.6 is 0 Å². The smallest absolute Gasteiger partial charge is 0.228 e. The van der Waals surface area contributed by atoms with E-state index in [4.69, 9.17) is 0 Å². The van der Waals surface area contributed by atoms with Gasteiger partial charge in [-0.25, -0.2) is 15.0 Å². The summed E-state index contributed by atoms with van der Waals surface area (Å²) < 4.78 is 0. The minimum Gasteiger partial charge on any atom is -0.338 e. The molecule has 0 spiro atoms. The van der Waals surface area contributed by atoms with Crippen LogP contribution in [0.2, 0.25) is 0 Å². The Balaban J connectivity index is 2.08. The van der Waals surface area contributed by atoms with Crippen LogP contribution in [0.4, 0.5) is 5.95 Å². The van der Waals surface area contributed by atoms with Gasteiger partial charge in [0.1, 0.15) is 12.7 Å². The summed E-state index contributed by atoms with van der Waals surface area (Å²) in [5, 5.41) is 3.27. The molecule has 1 aromatic heterocycles. The highest BCUT2D eigenvalue weighted by Gasteiger charge is 2.11. The average Bonchev–Trinajstić information content (AvgIpc) is 2.21. The van der Waals surface area contributed by atoms with Crippen molar-refractivity contribution in [2.75, 3.05) is 31.1 Å². The summed E-state index contributed by atoms with van der Waals surface area (Å²) in [6.07, 6.45) is 3.06. The Kier molecular flexibility index (Phi) is 2.13. The third-order valence-electron chi connectivity index (χ3n) is 1.88. The lowest BCUT2D eigenvalue weighted by Gasteiger charge is -2.26. The Morgan fingerprint density at radius 3 is 2.50 bits per heavy atom. The second kappa shape index (κ2) is 3.44. The molecule has 0 unspecified atom stereocenters. The highest BCUT2D eigenvalue weighted by molar-refractivity contribution is 5.27. The molecule has 0 aromatic carbocycles. The van der Waals surface area contributed by atoms with Crippen LogP contribution in [0.5, 0.6) is 0 Å². The Hall–Kier alpha value is -1.23. The first-order valence-electron chi connectivity index (χ1n) is 4.04. The predicted octanol–water partition coefficient (Wildman–Crippen LogP) is -0.719. The van der Waals surface area contributed by atoms with E-state index < -0.39 is 0 Å². The molecule has 1 aliphatic rings.